The Hall–Kier alpha value is -2.22. The molecule has 2 N–H and O–H groups in total. The molecule has 0 aliphatic carbocycles. The van der Waals surface area contributed by atoms with Crippen LogP contribution in [-0.2, 0) is 0 Å². The van der Waals surface area contributed by atoms with E-state index in [9.17, 15) is 14.9 Å². The molecule has 0 saturated heterocycles. The fraction of sp³-hybridized carbons (Fsp3) is 0.235. The second kappa shape index (κ2) is 9.64. The highest BCUT2D eigenvalue weighted by Crippen LogP contribution is 2.41. The number of nitrogens with zero attached hydrogens (tertiary/aromatic N) is 1. The normalized spacial score (nSPS) is 10.4. The summed E-state index contributed by atoms with van der Waals surface area (Å²) in [5, 5.41) is 16.4. The number of carbonyl (C=O) groups is 1. The summed E-state index contributed by atoms with van der Waals surface area (Å²) in [7, 11) is 0. The van der Waals surface area contributed by atoms with Gasteiger partial charge in [0.1, 0.15) is 5.75 Å². The summed E-state index contributed by atoms with van der Waals surface area (Å²) in [6.45, 7) is 2.58. The lowest BCUT2D eigenvalue weighted by Crippen LogP contribution is -2.29. The molecule has 0 fully saturated rings. The SMILES string of the molecule is CCCCNC(=O)Nc1cc(Cl)c(Oc2ccc([N+](=O)[O-])cc2Cl)c(Cl)c1. The second-order valence-corrected chi connectivity index (χ2v) is 6.70. The molecule has 0 radical (unpaired) electrons. The van der Waals surface area contributed by atoms with Crippen molar-refractivity contribution in [3.05, 3.63) is 55.5 Å². The minimum Gasteiger partial charge on any atom is -0.453 e. The van der Waals surface area contributed by atoms with Crippen molar-refractivity contribution in [2.75, 3.05) is 11.9 Å². The van der Waals surface area contributed by atoms with E-state index in [2.05, 4.69) is 10.6 Å². The maximum Gasteiger partial charge on any atom is 0.319 e. The number of benzene rings is 2. The number of hydrogen-bond donors (Lipinski definition) is 2. The minimum atomic E-state index is -0.568. The molecule has 0 unspecified atom stereocenters. The predicted molar refractivity (Wildman–Crippen MR) is 107 cm³/mol. The van der Waals surface area contributed by atoms with Gasteiger partial charge in [-0.15, -0.1) is 0 Å². The van der Waals surface area contributed by atoms with Crippen molar-refractivity contribution in [3.63, 3.8) is 0 Å². The summed E-state index contributed by atoms with van der Waals surface area (Å²) < 4.78 is 5.60. The molecule has 7 nitrogen and oxygen atoms in total. The van der Waals surface area contributed by atoms with Crippen molar-refractivity contribution in [1.82, 2.24) is 5.32 Å². The van der Waals surface area contributed by atoms with Crippen molar-refractivity contribution in [1.29, 1.82) is 0 Å². The number of amides is 2. The van der Waals surface area contributed by atoms with Crippen LogP contribution in [0.15, 0.2) is 30.3 Å². The Bertz CT molecular complexity index is 838. The molecule has 2 amide bonds. The summed E-state index contributed by atoms with van der Waals surface area (Å²) in [6.07, 6.45) is 1.84. The van der Waals surface area contributed by atoms with Gasteiger partial charge in [-0.05, 0) is 24.6 Å². The van der Waals surface area contributed by atoms with Crippen molar-refractivity contribution >= 4 is 52.2 Å². The van der Waals surface area contributed by atoms with E-state index in [1.54, 1.807) is 0 Å². The molecular formula is C17H16Cl3N3O4. The lowest BCUT2D eigenvalue weighted by atomic mass is 10.2. The number of rotatable bonds is 7. The third-order valence-electron chi connectivity index (χ3n) is 3.41. The van der Waals surface area contributed by atoms with Gasteiger partial charge in [0.2, 0.25) is 0 Å². The molecule has 0 bridgehead atoms. The Morgan fingerprint density at radius 1 is 1.15 bits per heavy atom. The first-order chi connectivity index (χ1) is 12.8. The van der Waals surface area contributed by atoms with E-state index < -0.39 is 4.92 Å². The number of nitro groups is 1. The van der Waals surface area contributed by atoms with Crippen LogP contribution in [0.2, 0.25) is 15.1 Å². The number of ether oxygens (including phenoxy) is 1. The molecule has 2 aromatic carbocycles. The molecule has 0 aliphatic heterocycles. The van der Waals surface area contributed by atoms with E-state index in [0.717, 1.165) is 18.9 Å². The zero-order chi connectivity index (χ0) is 20.0. The molecule has 0 aromatic heterocycles. The zero-order valence-corrected chi connectivity index (χ0v) is 16.5. The van der Waals surface area contributed by atoms with Crippen molar-refractivity contribution in [3.8, 4) is 11.5 Å². The summed E-state index contributed by atoms with van der Waals surface area (Å²) in [4.78, 5) is 22.0. The Morgan fingerprint density at radius 3 is 2.37 bits per heavy atom. The summed E-state index contributed by atoms with van der Waals surface area (Å²) in [6, 6.07) is 6.33. The van der Waals surface area contributed by atoms with Gasteiger partial charge < -0.3 is 15.4 Å². The van der Waals surface area contributed by atoms with Gasteiger partial charge in [-0.2, -0.15) is 0 Å². The maximum absolute atomic E-state index is 11.8. The quantitative estimate of drug-likeness (QED) is 0.306. The number of urea groups is 1. The molecule has 0 aliphatic rings. The third-order valence-corrected chi connectivity index (χ3v) is 4.27. The van der Waals surface area contributed by atoms with E-state index in [-0.39, 0.29) is 38.3 Å². The number of halogens is 3. The van der Waals surface area contributed by atoms with Gasteiger partial charge in [-0.1, -0.05) is 48.1 Å². The molecule has 0 heterocycles. The third kappa shape index (κ3) is 5.89. The molecule has 0 spiro atoms. The second-order valence-electron chi connectivity index (χ2n) is 5.48. The molecule has 0 saturated carbocycles. The van der Waals surface area contributed by atoms with Crippen LogP contribution in [0.1, 0.15) is 19.8 Å². The van der Waals surface area contributed by atoms with Gasteiger partial charge in [0, 0.05) is 24.4 Å². The van der Waals surface area contributed by atoms with E-state index in [1.807, 2.05) is 6.92 Å². The first-order valence-corrected chi connectivity index (χ1v) is 9.11. The molecule has 2 aromatic rings. The van der Waals surface area contributed by atoms with Crippen LogP contribution in [-0.4, -0.2) is 17.5 Å². The Labute approximate surface area is 170 Å². The first-order valence-electron chi connectivity index (χ1n) is 7.97. The summed E-state index contributed by atoms with van der Waals surface area (Å²) >= 11 is 18.4. The van der Waals surface area contributed by atoms with Crippen LogP contribution in [0.4, 0.5) is 16.2 Å². The van der Waals surface area contributed by atoms with Crippen molar-refractivity contribution < 1.29 is 14.5 Å². The highest BCUT2D eigenvalue weighted by molar-refractivity contribution is 6.38. The fourth-order valence-corrected chi connectivity index (χ4v) is 2.86. The van der Waals surface area contributed by atoms with Gasteiger partial charge in [-0.25, -0.2) is 4.79 Å². The monoisotopic (exact) mass is 431 g/mol. The van der Waals surface area contributed by atoms with Crippen LogP contribution < -0.4 is 15.4 Å². The highest BCUT2D eigenvalue weighted by Gasteiger charge is 2.16. The number of non-ortho nitro benzene ring substituents is 1. The number of anilines is 1. The van der Waals surface area contributed by atoms with E-state index in [1.165, 1.54) is 24.3 Å². The van der Waals surface area contributed by atoms with E-state index in [4.69, 9.17) is 39.5 Å². The standard InChI is InChI=1S/C17H16Cl3N3O4/c1-2-3-6-21-17(24)22-10-7-13(19)16(14(20)8-10)27-15-5-4-11(23(25)26)9-12(15)18/h4-5,7-9H,2-3,6H2,1H3,(H2,21,22,24). The maximum atomic E-state index is 11.8. The van der Waals surface area contributed by atoms with Crippen molar-refractivity contribution in [2.45, 2.75) is 19.8 Å². The highest BCUT2D eigenvalue weighted by atomic mass is 35.5. The first kappa shape index (κ1) is 21.1. The zero-order valence-electron chi connectivity index (χ0n) is 14.2. The van der Waals surface area contributed by atoms with Crippen LogP contribution in [0, 0.1) is 10.1 Å². The Kier molecular flexibility index (Phi) is 7.53. The summed E-state index contributed by atoms with van der Waals surface area (Å²) in [5.74, 6) is 0.273. The number of hydrogen-bond acceptors (Lipinski definition) is 4. The van der Waals surface area contributed by atoms with Gasteiger partial charge in [-0.3, -0.25) is 10.1 Å². The van der Waals surface area contributed by atoms with Crippen LogP contribution >= 0.6 is 34.8 Å². The lowest BCUT2D eigenvalue weighted by molar-refractivity contribution is -0.384. The Balaban J connectivity index is 2.15. The van der Waals surface area contributed by atoms with Gasteiger partial charge >= 0.3 is 6.03 Å². The number of nitro benzene ring substituents is 1. The smallest absolute Gasteiger partial charge is 0.319 e. The van der Waals surface area contributed by atoms with Gasteiger partial charge in [0.05, 0.1) is 20.0 Å². The molecule has 0 atom stereocenters. The Morgan fingerprint density at radius 2 is 1.81 bits per heavy atom. The number of nitrogens with one attached hydrogen (secondary N) is 2. The molecule has 144 valence electrons. The topological polar surface area (TPSA) is 93.5 Å². The van der Waals surface area contributed by atoms with Crippen LogP contribution in [0.5, 0.6) is 11.5 Å². The summed E-state index contributed by atoms with van der Waals surface area (Å²) in [5.41, 5.74) is 0.222. The largest absolute Gasteiger partial charge is 0.453 e. The fourth-order valence-electron chi connectivity index (χ4n) is 2.08. The van der Waals surface area contributed by atoms with Crippen LogP contribution in [0.25, 0.3) is 0 Å². The molecule has 2 rings (SSSR count). The van der Waals surface area contributed by atoms with Gasteiger partial charge in [0.15, 0.2) is 5.75 Å². The minimum absolute atomic E-state index is 0.0360. The van der Waals surface area contributed by atoms with E-state index in [0.29, 0.717) is 12.2 Å². The van der Waals surface area contributed by atoms with Crippen molar-refractivity contribution in [2.24, 2.45) is 0 Å². The number of unbranched alkanes of at least 4 members (excludes halogenated alkanes) is 1. The van der Waals surface area contributed by atoms with E-state index >= 15 is 0 Å². The molecule has 27 heavy (non-hydrogen) atoms. The van der Waals surface area contributed by atoms with Gasteiger partial charge in [0.25, 0.3) is 5.69 Å². The molecule has 10 heteroatoms. The average molecular weight is 433 g/mol. The number of carbonyl (C=O) groups excluding carboxylic acids is 1. The molecular weight excluding hydrogens is 417 g/mol. The average Bonchev–Trinajstić information content (AvgIpc) is 2.59. The van der Waals surface area contributed by atoms with Crippen LogP contribution in [0.3, 0.4) is 0 Å². The lowest BCUT2D eigenvalue weighted by Gasteiger charge is -2.13. The predicted octanol–water partition coefficient (Wildman–Crippen LogP) is 6.27.